The number of rotatable bonds is 10. The van der Waals surface area contributed by atoms with E-state index in [9.17, 15) is 9.59 Å². The number of carbonyl (C=O) groups excluding carboxylic acids is 2. The SMILES string of the molecule is COc1ccc(-c2csc(CN(C(=O)CSc3nc(C)cc(C)n3)C(C)(C)C(=O)Nc3ccc4c(c3)OCO4)n2)cc1. The Morgan fingerprint density at radius 1 is 1.02 bits per heavy atom. The molecule has 4 aromatic rings. The predicted molar refractivity (Wildman–Crippen MR) is 162 cm³/mol. The van der Waals surface area contributed by atoms with E-state index in [0.717, 1.165) is 28.4 Å². The van der Waals surface area contributed by atoms with Crippen molar-refractivity contribution >= 4 is 40.6 Å². The highest BCUT2D eigenvalue weighted by Crippen LogP contribution is 2.35. The van der Waals surface area contributed by atoms with E-state index < -0.39 is 5.54 Å². The lowest BCUT2D eigenvalue weighted by Gasteiger charge is -2.37. The standard InChI is InChI=1S/C30H31N5O5S2/c1-18-12-19(2)32-29(31-18)42-16-27(36)35(14-26-34-23(15-41-26)20-6-9-22(38-5)10-7-20)30(3,4)28(37)33-21-8-11-24-25(13-21)40-17-39-24/h6-13,15H,14,16-17H2,1-5H3,(H,33,37). The molecule has 0 spiro atoms. The number of thiazole rings is 1. The molecule has 1 N–H and O–H groups in total. The van der Waals surface area contributed by atoms with Gasteiger partial charge in [-0.15, -0.1) is 11.3 Å². The van der Waals surface area contributed by atoms with E-state index in [0.29, 0.717) is 27.4 Å². The Morgan fingerprint density at radius 3 is 2.45 bits per heavy atom. The first-order valence-corrected chi connectivity index (χ1v) is 15.0. The summed E-state index contributed by atoms with van der Waals surface area (Å²) in [6.07, 6.45) is 0. The van der Waals surface area contributed by atoms with Gasteiger partial charge in [-0.3, -0.25) is 9.59 Å². The molecule has 0 atom stereocenters. The van der Waals surface area contributed by atoms with Crippen LogP contribution in [0.3, 0.4) is 0 Å². The molecule has 42 heavy (non-hydrogen) atoms. The molecule has 0 radical (unpaired) electrons. The number of anilines is 1. The van der Waals surface area contributed by atoms with Crippen LogP contribution in [0.1, 0.15) is 30.2 Å². The van der Waals surface area contributed by atoms with Gasteiger partial charge in [-0.05, 0) is 70.2 Å². The molecule has 2 aromatic heterocycles. The summed E-state index contributed by atoms with van der Waals surface area (Å²) in [6.45, 7) is 7.51. The molecule has 1 aliphatic heterocycles. The molecule has 2 aromatic carbocycles. The number of aryl methyl sites for hydroxylation is 2. The van der Waals surface area contributed by atoms with Crippen molar-refractivity contribution in [2.24, 2.45) is 0 Å². The Morgan fingerprint density at radius 2 is 1.74 bits per heavy atom. The molecule has 0 unspecified atom stereocenters. The molecule has 10 nitrogen and oxygen atoms in total. The number of nitrogens with zero attached hydrogens (tertiary/aromatic N) is 4. The third-order valence-corrected chi connectivity index (χ3v) is 8.35. The van der Waals surface area contributed by atoms with Crippen LogP contribution in [-0.2, 0) is 16.1 Å². The van der Waals surface area contributed by atoms with Crippen LogP contribution in [0.25, 0.3) is 11.3 Å². The van der Waals surface area contributed by atoms with E-state index in [-0.39, 0.29) is 30.9 Å². The number of amides is 2. The van der Waals surface area contributed by atoms with Crippen molar-refractivity contribution in [2.75, 3.05) is 25.0 Å². The summed E-state index contributed by atoms with van der Waals surface area (Å²) in [4.78, 5) is 42.7. The van der Waals surface area contributed by atoms with Crippen LogP contribution in [0.2, 0.25) is 0 Å². The van der Waals surface area contributed by atoms with Crippen LogP contribution in [0.5, 0.6) is 17.2 Å². The quantitative estimate of drug-likeness (QED) is 0.185. The van der Waals surface area contributed by atoms with Gasteiger partial charge in [0.1, 0.15) is 16.3 Å². The lowest BCUT2D eigenvalue weighted by atomic mass is 10.0. The number of methoxy groups -OCH3 is 1. The second-order valence-corrected chi connectivity index (χ2v) is 12.0. The predicted octanol–water partition coefficient (Wildman–Crippen LogP) is 5.49. The van der Waals surface area contributed by atoms with Crippen molar-refractivity contribution in [3.05, 3.63) is 70.3 Å². The minimum atomic E-state index is -1.23. The lowest BCUT2D eigenvalue weighted by molar-refractivity contribution is -0.142. The molecule has 5 rings (SSSR count). The third-order valence-electron chi connectivity index (χ3n) is 6.68. The van der Waals surface area contributed by atoms with Crippen LogP contribution in [0.4, 0.5) is 5.69 Å². The number of benzene rings is 2. The monoisotopic (exact) mass is 605 g/mol. The largest absolute Gasteiger partial charge is 0.497 e. The Hall–Kier alpha value is -4.16. The molecule has 0 saturated heterocycles. The van der Waals surface area contributed by atoms with Gasteiger partial charge in [0.05, 0.1) is 25.1 Å². The molecule has 3 heterocycles. The first-order valence-electron chi connectivity index (χ1n) is 13.2. The molecule has 218 valence electrons. The van der Waals surface area contributed by atoms with Gasteiger partial charge in [-0.25, -0.2) is 15.0 Å². The summed E-state index contributed by atoms with van der Waals surface area (Å²) in [7, 11) is 1.62. The van der Waals surface area contributed by atoms with Crippen LogP contribution in [0.15, 0.2) is 59.1 Å². The van der Waals surface area contributed by atoms with E-state index in [1.54, 1.807) is 44.1 Å². The smallest absolute Gasteiger partial charge is 0.249 e. The normalized spacial score (nSPS) is 12.2. The van der Waals surface area contributed by atoms with Crippen LogP contribution in [-0.4, -0.2) is 56.9 Å². The summed E-state index contributed by atoms with van der Waals surface area (Å²) in [6, 6.07) is 14.7. The fraction of sp³-hybridized carbons (Fsp3) is 0.300. The maximum Gasteiger partial charge on any atom is 0.249 e. The molecule has 0 fully saturated rings. The third kappa shape index (κ3) is 6.66. The average molecular weight is 606 g/mol. The van der Waals surface area contributed by atoms with Crippen molar-refractivity contribution < 1.29 is 23.8 Å². The van der Waals surface area contributed by atoms with Crippen LogP contribution < -0.4 is 19.5 Å². The summed E-state index contributed by atoms with van der Waals surface area (Å²) >= 11 is 2.68. The zero-order valence-corrected chi connectivity index (χ0v) is 25.6. The first kappa shape index (κ1) is 29.3. The zero-order valence-electron chi connectivity index (χ0n) is 24.0. The van der Waals surface area contributed by atoms with E-state index in [2.05, 4.69) is 15.3 Å². The van der Waals surface area contributed by atoms with Gasteiger partial charge in [0, 0.05) is 34.1 Å². The number of ether oxygens (including phenoxy) is 3. The summed E-state index contributed by atoms with van der Waals surface area (Å²) < 4.78 is 16.1. The minimum Gasteiger partial charge on any atom is -0.497 e. The van der Waals surface area contributed by atoms with E-state index in [1.807, 2.05) is 49.6 Å². The van der Waals surface area contributed by atoms with Crippen molar-refractivity contribution in [3.63, 3.8) is 0 Å². The van der Waals surface area contributed by atoms with E-state index in [4.69, 9.17) is 19.2 Å². The Kier molecular flexibility index (Phi) is 8.64. The van der Waals surface area contributed by atoms with Gasteiger partial charge in [-0.1, -0.05) is 11.8 Å². The molecular weight excluding hydrogens is 574 g/mol. The lowest BCUT2D eigenvalue weighted by Crippen LogP contribution is -2.55. The van der Waals surface area contributed by atoms with Gasteiger partial charge < -0.3 is 24.4 Å². The number of fused-ring (bicyclic) bond motifs is 1. The maximum absolute atomic E-state index is 13.8. The van der Waals surface area contributed by atoms with Gasteiger partial charge >= 0.3 is 0 Å². The number of aromatic nitrogens is 3. The highest BCUT2D eigenvalue weighted by atomic mass is 32.2. The van der Waals surface area contributed by atoms with Gasteiger partial charge in [-0.2, -0.15) is 0 Å². The second kappa shape index (κ2) is 12.4. The number of thioether (sulfide) groups is 1. The number of carbonyl (C=O) groups is 2. The van der Waals surface area contributed by atoms with Crippen molar-refractivity contribution in [1.82, 2.24) is 19.9 Å². The Bertz CT molecular complexity index is 1590. The number of hydrogen-bond acceptors (Lipinski definition) is 10. The molecule has 0 saturated carbocycles. The van der Waals surface area contributed by atoms with Gasteiger partial charge in [0.25, 0.3) is 0 Å². The summed E-state index contributed by atoms with van der Waals surface area (Å²) in [5.74, 6) is 1.39. The molecule has 0 aliphatic carbocycles. The maximum atomic E-state index is 13.8. The van der Waals surface area contributed by atoms with E-state index in [1.165, 1.54) is 23.1 Å². The Labute approximate surface area is 252 Å². The molecule has 12 heteroatoms. The summed E-state index contributed by atoms with van der Waals surface area (Å²) in [5.41, 5.74) is 2.67. The molecule has 0 bridgehead atoms. The Balaban J connectivity index is 1.38. The topological polar surface area (TPSA) is 116 Å². The van der Waals surface area contributed by atoms with Gasteiger partial charge in [0.2, 0.25) is 18.6 Å². The highest BCUT2D eigenvalue weighted by molar-refractivity contribution is 7.99. The van der Waals surface area contributed by atoms with Crippen molar-refractivity contribution in [2.45, 2.75) is 44.9 Å². The first-order chi connectivity index (χ1) is 20.1. The fourth-order valence-electron chi connectivity index (χ4n) is 4.35. The minimum absolute atomic E-state index is 0.0559. The highest BCUT2D eigenvalue weighted by Gasteiger charge is 2.38. The van der Waals surface area contributed by atoms with E-state index >= 15 is 0 Å². The average Bonchev–Trinajstić information content (AvgIpc) is 3.63. The van der Waals surface area contributed by atoms with Crippen molar-refractivity contribution in [3.8, 4) is 28.5 Å². The molecular formula is C30H31N5O5S2. The summed E-state index contributed by atoms with van der Waals surface area (Å²) in [5, 5.41) is 6.09. The van der Waals surface area contributed by atoms with Crippen LogP contribution >= 0.6 is 23.1 Å². The fourth-order valence-corrected chi connectivity index (χ4v) is 5.97. The van der Waals surface area contributed by atoms with Crippen LogP contribution in [0, 0.1) is 13.8 Å². The number of nitrogens with one attached hydrogen (secondary N) is 1. The van der Waals surface area contributed by atoms with Crippen molar-refractivity contribution in [1.29, 1.82) is 0 Å². The van der Waals surface area contributed by atoms with Gasteiger partial charge in [0.15, 0.2) is 16.7 Å². The second-order valence-electron chi connectivity index (χ2n) is 10.1. The molecule has 2 amide bonds. The zero-order chi connectivity index (χ0) is 29.9. The number of hydrogen-bond donors (Lipinski definition) is 1. The molecule has 1 aliphatic rings.